The Labute approximate surface area is 156 Å². The minimum atomic E-state index is -0.422. The van der Waals surface area contributed by atoms with Gasteiger partial charge in [-0.05, 0) is 72.1 Å². The maximum Gasteiger partial charge on any atom is 0.410 e. The molecule has 0 bridgehead atoms. The van der Waals surface area contributed by atoms with E-state index in [1.54, 1.807) is 0 Å². The minimum Gasteiger partial charge on any atom is -0.444 e. The van der Waals surface area contributed by atoms with E-state index in [9.17, 15) is 4.79 Å². The molecule has 140 valence electrons. The second-order valence-electron chi connectivity index (χ2n) is 8.82. The summed E-state index contributed by atoms with van der Waals surface area (Å²) in [4.78, 5) is 16.9. The van der Waals surface area contributed by atoms with Crippen molar-refractivity contribution in [3.8, 4) is 0 Å². The first kappa shape index (κ1) is 20.0. The van der Waals surface area contributed by atoms with E-state index >= 15 is 0 Å². The van der Waals surface area contributed by atoms with Crippen LogP contribution in [0.4, 0.5) is 4.79 Å². The van der Waals surface area contributed by atoms with Gasteiger partial charge in [-0.2, -0.15) is 0 Å². The number of amides is 1. The molecule has 0 unspecified atom stereocenters. The molecule has 24 heavy (non-hydrogen) atoms. The van der Waals surface area contributed by atoms with Gasteiger partial charge >= 0.3 is 6.09 Å². The lowest BCUT2D eigenvalue weighted by atomic mass is 9.82. The normalized spacial score (nSPS) is 32.7. The van der Waals surface area contributed by atoms with Crippen molar-refractivity contribution in [2.24, 2.45) is 11.8 Å². The number of ether oxygens (including phenoxy) is 1. The molecule has 1 aliphatic carbocycles. The highest BCUT2D eigenvalue weighted by Gasteiger charge is 2.35. The second kappa shape index (κ2) is 8.39. The van der Waals surface area contributed by atoms with Gasteiger partial charge < -0.3 is 9.64 Å². The predicted molar refractivity (Wildman–Crippen MR) is 103 cm³/mol. The molecule has 0 aromatic rings. The Morgan fingerprint density at radius 2 is 1.54 bits per heavy atom. The number of rotatable bonds is 3. The van der Waals surface area contributed by atoms with Crippen LogP contribution in [0.5, 0.6) is 0 Å². The van der Waals surface area contributed by atoms with Gasteiger partial charge in [-0.3, -0.25) is 4.90 Å². The molecule has 1 amide bonds. The summed E-state index contributed by atoms with van der Waals surface area (Å²) in [7, 11) is 0. The van der Waals surface area contributed by atoms with E-state index in [4.69, 9.17) is 4.74 Å². The Balaban J connectivity index is 1.86. The van der Waals surface area contributed by atoms with Gasteiger partial charge in [0.05, 0.1) is 0 Å². The number of halogens is 1. The maximum absolute atomic E-state index is 12.4. The van der Waals surface area contributed by atoms with Crippen LogP contribution in [0, 0.1) is 11.8 Å². The van der Waals surface area contributed by atoms with Crippen LogP contribution >= 0.6 is 15.9 Å². The van der Waals surface area contributed by atoms with Crippen LogP contribution in [-0.2, 0) is 4.74 Å². The number of carbonyl (C=O) groups excluding carboxylic acids is 1. The molecule has 0 spiro atoms. The third-order valence-corrected chi connectivity index (χ3v) is 6.32. The molecule has 2 aliphatic rings. The largest absolute Gasteiger partial charge is 0.444 e. The summed E-state index contributed by atoms with van der Waals surface area (Å²) in [6.07, 6.45) is 5.25. The summed E-state index contributed by atoms with van der Waals surface area (Å²) in [5.74, 6) is 1.69. The van der Waals surface area contributed by atoms with Crippen molar-refractivity contribution in [2.45, 2.75) is 78.0 Å². The van der Waals surface area contributed by atoms with Crippen molar-refractivity contribution in [3.63, 3.8) is 0 Å². The third kappa shape index (κ3) is 5.62. The molecule has 4 nitrogen and oxygen atoms in total. The van der Waals surface area contributed by atoms with Gasteiger partial charge in [0, 0.05) is 37.0 Å². The zero-order valence-corrected chi connectivity index (χ0v) is 17.6. The second-order valence-corrected chi connectivity index (χ2v) is 9.47. The van der Waals surface area contributed by atoms with Crippen LogP contribution < -0.4 is 0 Å². The molecular weight excluding hydrogens is 368 g/mol. The smallest absolute Gasteiger partial charge is 0.410 e. The lowest BCUT2D eigenvalue weighted by molar-refractivity contribution is -0.0131. The van der Waals surface area contributed by atoms with Gasteiger partial charge in [0.2, 0.25) is 0 Å². The number of hydrogen-bond donors (Lipinski definition) is 0. The summed E-state index contributed by atoms with van der Waals surface area (Å²) in [6, 6.07) is 0.797. The van der Waals surface area contributed by atoms with Crippen molar-refractivity contribution in [1.82, 2.24) is 9.80 Å². The first-order valence-corrected chi connectivity index (χ1v) is 10.6. The highest BCUT2D eigenvalue weighted by atomic mass is 79.9. The Bertz CT molecular complexity index is 404. The number of hydrogen-bond acceptors (Lipinski definition) is 3. The van der Waals surface area contributed by atoms with Crippen molar-refractivity contribution < 1.29 is 9.53 Å². The Morgan fingerprint density at radius 1 is 1.04 bits per heavy atom. The molecule has 0 radical (unpaired) electrons. The van der Waals surface area contributed by atoms with Crippen LogP contribution in [0.3, 0.4) is 0 Å². The molecule has 0 aromatic carbocycles. The standard InChI is InChI=1S/C19H35BrN2O2/c1-14-11-21(18(23)24-19(3,4)5)12-15(2)22(14)13-17-8-6-16(10-20)7-9-17/h14-17H,6-13H2,1-5H3/t14-,15+,16?,17?. The van der Waals surface area contributed by atoms with Crippen LogP contribution in [0.1, 0.15) is 60.3 Å². The molecular formula is C19H35BrN2O2. The molecule has 2 atom stereocenters. The van der Waals surface area contributed by atoms with E-state index in [0.29, 0.717) is 12.1 Å². The fourth-order valence-electron chi connectivity index (χ4n) is 4.06. The van der Waals surface area contributed by atoms with E-state index in [2.05, 4.69) is 34.7 Å². The number of carbonyl (C=O) groups is 1. The summed E-state index contributed by atoms with van der Waals surface area (Å²) in [6.45, 7) is 13.0. The first-order chi connectivity index (χ1) is 11.2. The highest BCUT2D eigenvalue weighted by Crippen LogP contribution is 2.32. The number of alkyl halides is 1. The SMILES string of the molecule is C[C@@H]1CN(C(=O)OC(C)(C)C)C[C@H](C)N1CC1CCC(CBr)CC1. The monoisotopic (exact) mass is 402 g/mol. The molecule has 1 saturated heterocycles. The van der Waals surface area contributed by atoms with Gasteiger partial charge in [-0.1, -0.05) is 15.9 Å². The third-order valence-electron chi connectivity index (χ3n) is 5.41. The molecule has 1 saturated carbocycles. The molecule has 5 heteroatoms. The van der Waals surface area contributed by atoms with Gasteiger partial charge in [0.1, 0.15) is 5.60 Å². The Morgan fingerprint density at radius 3 is 2.00 bits per heavy atom. The average Bonchev–Trinajstić information content (AvgIpc) is 2.49. The lowest BCUT2D eigenvalue weighted by Crippen LogP contribution is -2.59. The zero-order valence-electron chi connectivity index (χ0n) is 16.1. The fraction of sp³-hybridized carbons (Fsp3) is 0.947. The molecule has 1 heterocycles. The molecule has 0 N–H and O–H groups in total. The number of piperazine rings is 1. The van der Waals surface area contributed by atoms with E-state index in [0.717, 1.165) is 30.3 Å². The first-order valence-electron chi connectivity index (χ1n) is 9.49. The van der Waals surface area contributed by atoms with Gasteiger partial charge in [0.15, 0.2) is 0 Å². The maximum atomic E-state index is 12.4. The van der Waals surface area contributed by atoms with E-state index < -0.39 is 5.60 Å². The summed E-state index contributed by atoms with van der Waals surface area (Å²) in [5.41, 5.74) is -0.422. The molecule has 1 aliphatic heterocycles. The summed E-state index contributed by atoms with van der Waals surface area (Å²) >= 11 is 3.63. The highest BCUT2D eigenvalue weighted by molar-refractivity contribution is 9.09. The molecule has 0 aromatic heterocycles. The van der Waals surface area contributed by atoms with Crippen molar-refractivity contribution in [3.05, 3.63) is 0 Å². The van der Waals surface area contributed by atoms with Crippen LogP contribution in [-0.4, -0.2) is 58.5 Å². The van der Waals surface area contributed by atoms with E-state index in [1.807, 2.05) is 25.7 Å². The minimum absolute atomic E-state index is 0.168. The average molecular weight is 403 g/mol. The van der Waals surface area contributed by atoms with E-state index in [1.165, 1.54) is 32.2 Å². The van der Waals surface area contributed by atoms with E-state index in [-0.39, 0.29) is 6.09 Å². The van der Waals surface area contributed by atoms with Gasteiger partial charge in [-0.15, -0.1) is 0 Å². The lowest BCUT2D eigenvalue weighted by Gasteiger charge is -2.46. The van der Waals surface area contributed by atoms with Crippen LogP contribution in [0.25, 0.3) is 0 Å². The fourth-order valence-corrected chi connectivity index (χ4v) is 4.71. The van der Waals surface area contributed by atoms with Crippen LogP contribution in [0.15, 0.2) is 0 Å². The van der Waals surface area contributed by atoms with Crippen molar-refractivity contribution in [2.75, 3.05) is 25.0 Å². The van der Waals surface area contributed by atoms with Crippen molar-refractivity contribution >= 4 is 22.0 Å². The van der Waals surface area contributed by atoms with Crippen molar-refractivity contribution in [1.29, 1.82) is 0 Å². The number of nitrogens with zero attached hydrogens (tertiary/aromatic N) is 2. The predicted octanol–water partition coefficient (Wildman–Crippen LogP) is 4.52. The quantitative estimate of drug-likeness (QED) is 0.650. The summed E-state index contributed by atoms with van der Waals surface area (Å²) in [5, 5.41) is 1.15. The van der Waals surface area contributed by atoms with Crippen LogP contribution in [0.2, 0.25) is 0 Å². The van der Waals surface area contributed by atoms with Gasteiger partial charge in [-0.25, -0.2) is 4.79 Å². The topological polar surface area (TPSA) is 32.8 Å². The Kier molecular flexibility index (Phi) is 7.00. The molecule has 2 rings (SSSR count). The zero-order chi connectivity index (χ0) is 17.9. The Hall–Kier alpha value is -0.290. The molecule has 2 fully saturated rings. The summed E-state index contributed by atoms with van der Waals surface area (Å²) < 4.78 is 5.55. The van der Waals surface area contributed by atoms with Gasteiger partial charge in [0.25, 0.3) is 0 Å².